The van der Waals surface area contributed by atoms with Gasteiger partial charge in [0.15, 0.2) is 0 Å². The van der Waals surface area contributed by atoms with Crippen LogP contribution in [0.5, 0.6) is 5.88 Å². The first kappa shape index (κ1) is 6.29. The lowest BCUT2D eigenvalue weighted by Gasteiger charge is -1.94. The molecule has 0 bridgehead atoms. The van der Waals surface area contributed by atoms with Crippen molar-refractivity contribution in [1.82, 2.24) is 9.97 Å². The summed E-state index contributed by atoms with van der Waals surface area (Å²) in [6.07, 6.45) is 1.31. The number of ether oxygens (including phenoxy) is 1. The van der Waals surface area contributed by atoms with Gasteiger partial charge in [0, 0.05) is 6.07 Å². The van der Waals surface area contributed by atoms with Crippen LogP contribution in [0.4, 0.5) is 0 Å². The van der Waals surface area contributed by atoms with Crippen LogP contribution in [-0.2, 0) is 0 Å². The Morgan fingerprint density at radius 1 is 1.56 bits per heavy atom. The van der Waals surface area contributed by atoms with Crippen molar-refractivity contribution in [2.24, 2.45) is 0 Å². The van der Waals surface area contributed by atoms with Gasteiger partial charge in [-0.2, -0.15) is 0 Å². The Morgan fingerprint density at radius 2 is 2.33 bits per heavy atom. The van der Waals surface area contributed by atoms with E-state index in [-0.39, 0.29) is 0 Å². The second kappa shape index (κ2) is 2.64. The third kappa shape index (κ3) is 1.54. The van der Waals surface area contributed by atoms with Gasteiger partial charge in [0.25, 0.3) is 0 Å². The quantitative estimate of drug-likeness (QED) is 0.556. The molecule has 0 aliphatic rings. The fraction of sp³-hybridized carbons (Fsp3) is 0. The third-order valence-electron chi connectivity index (χ3n) is 0.757. The molecule has 1 heterocycles. The van der Waals surface area contributed by atoms with Crippen molar-refractivity contribution in [2.45, 2.75) is 0 Å². The lowest BCUT2D eigenvalue weighted by atomic mass is 10.6. The predicted molar refractivity (Wildman–Crippen MR) is 33.0 cm³/mol. The highest BCUT2D eigenvalue weighted by Gasteiger charge is 1.91. The van der Waals surface area contributed by atoms with Crippen molar-refractivity contribution in [3.8, 4) is 5.88 Å². The number of rotatable bonds is 1. The average molecular weight is 144 g/mol. The number of nitrogens with zero attached hydrogens (tertiary/aromatic N) is 2. The van der Waals surface area contributed by atoms with Gasteiger partial charge >= 0.3 is 0 Å². The summed E-state index contributed by atoms with van der Waals surface area (Å²) in [4.78, 5) is 7.31. The standard InChI is InChI=1S/C5H4ClN2O/c1-9-5-2-4(6)7-3-8-5/h2-3H,1H2. The molecule has 0 unspecified atom stereocenters. The number of aromatic nitrogens is 2. The molecule has 0 N–H and O–H groups in total. The Labute approximate surface area is 57.7 Å². The zero-order valence-corrected chi connectivity index (χ0v) is 5.30. The molecule has 0 fully saturated rings. The molecule has 4 heteroatoms. The zero-order valence-electron chi connectivity index (χ0n) is 4.54. The maximum Gasteiger partial charge on any atom is 0.217 e. The topological polar surface area (TPSA) is 35.0 Å². The molecule has 47 valence electrons. The van der Waals surface area contributed by atoms with Crippen molar-refractivity contribution in [2.75, 3.05) is 0 Å². The minimum Gasteiger partial charge on any atom is -0.474 e. The van der Waals surface area contributed by atoms with Crippen molar-refractivity contribution in [3.63, 3.8) is 0 Å². The first-order valence-electron chi connectivity index (χ1n) is 2.22. The molecule has 0 aliphatic heterocycles. The minimum atomic E-state index is 0.351. The van der Waals surface area contributed by atoms with Crippen LogP contribution in [0.25, 0.3) is 0 Å². The van der Waals surface area contributed by atoms with Gasteiger partial charge in [0.2, 0.25) is 5.88 Å². The highest BCUT2D eigenvalue weighted by molar-refractivity contribution is 6.29. The Morgan fingerprint density at radius 3 is 2.78 bits per heavy atom. The highest BCUT2D eigenvalue weighted by atomic mass is 35.5. The van der Waals surface area contributed by atoms with E-state index in [4.69, 9.17) is 11.6 Å². The molecular weight excluding hydrogens is 140 g/mol. The summed E-state index contributed by atoms with van der Waals surface area (Å²) >= 11 is 5.46. The molecular formula is C5H4ClN2O. The summed E-state index contributed by atoms with van der Waals surface area (Å²) in [5, 5.41) is 0.351. The van der Waals surface area contributed by atoms with Gasteiger partial charge in [0.1, 0.15) is 18.6 Å². The summed E-state index contributed by atoms with van der Waals surface area (Å²) in [5.74, 6) is 0.370. The third-order valence-corrected chi connectivity index (χ3v) is 0.963. The van der Waals surface area contributed by atoms with Crippen LogP contribution >= 0.6 is 11.6 Å². The average Bonchev–Trinajstić information content (AvgIpc) is 1.88. The molecule has 0 saturated heterocycles. The first-order valence-corrected chi connectivity index (χ1v) is 2.60. The van der Waals surface area contributed by atoms with E-state index in [0.29, 0.717) is 11.0 Å². The Kier molecular flexibility index (Phi) is 1.85. The lowest BCUT2D eigenvalue weighted by molar-refractivity contribution is 0.452. The van der Waals surface area contributed by atoms with Crippen molar-refractivity contribution >= 4 is 11.6 Å². The van der Waals surface area contributed by atoms with E-state index < -0.39 is 0 Å². The second-order valence-electron chi connectivity index (χ2n) is 1.32. The zero-order chi connectivity index (χ0) is 6.69. The molecule has 0 saturated carbocycles. The van der Waals surface area contributed by atoms with Gasteiger partial charge in [-0.05, 0) is 0 Å². The Hall–Kier alpha value is -0.830. The Bertz CT molecular complexity index is 204. The van der Waals surface area contributed by atoms with Crippen LogP contribution in [0.3, 0.4) is 0 Å². The molecule has 0 atom stereocenters. The summed E-state index contributed by atoms with van der Waals surface area (Å²) in [7, 11) is 3.15. The fourth-order valence-electron chi connectivity index (χ4n) is 0.396. The minimum absolute atomic E-state index is 0.351. The van der Waals surface area contributed by atoms with Gasteiger partial charge in [0.05, 0.1) is 0 Å². The van der Waals surface area contributed by atoms with Crippen LogP contribution in [0.1, 0.15) is 0 Å². The van der Waals surface area contributed by atoms with E-state index in [2.05, 4.69) is 21.8 Å². The molecule has 0 aromatic carbocycles. The highest BCUT2D eigenvalue weighted by Crippen LogP contribution is 2.09. The van der Waals surface area contributed by atoms with E-state index in [1.165, 1.54) is 12.4 Å². The molecule has 1 rings (SSSR count). The Balaban J connectivity index is 2.94. The normalized spacial score (nSPS) is 9.11. The van der Waals surface area contributed by atoms with Crippen LogP contribution in [0.2, 0.25) is 5.15 Å². The van der Waals surface area contributed by atoms with Crippen molar-refractivity contribution in [3.05, 3.63) is 24.7 Å². The molecule has 3 nitrogen and oxygen atoms in total. The maximum atomic E-state index is 5.46. The number of hydrogen-bond donors (Lipinski definition) is 0. The first-order chi connectivity index (χ1) is 4.33. The van der Waals surface area contributed by atoms with Gasteiger partial charge in [-0.3, -0.25) is 0 Å². The van der Waals surface area contributed by atoms with E-state index in [1.54, 1.807) is 0 Å². The second-order valence-corrected chi connectivity index (χ2v) is 1.71. The van der Waals surface area contributed by atoms with Gasteiger partial charge < -0.3 is 4.74 Å². The molecule has 0 aliphatic carbocycles. The van der Waals surface area contributed by atoms with E-state index in [1.807, 2.05) is 0 Å². The number of halogens is 1. The largest absolute Gasteiger partial charge is 0.474 e. The van der Waals surface area contributed by atoms with Crippen molar-refractivity contribution < 1.29 is 4.74 Å². The van der Waals surface area contributed by atoms with E-state index in [0.717, 1.165) is 0 Å². The van der Waals surface area contributed by atoms with Crippen molar-refractivity contribution in [1.29, 1.82) is 0 Å². The maximum absolute atomic E-state index is 5.46. The summed E-state index contributed by atoms with van der Waals surface area (Å²) in [5.41, 5.74) is 0. The fourth-order valence-corrected chi connectivity index (χ4v) is 0.533. The summed E-state index contributed by atoms with van der Waals surface area (Å²) < 4.78 is 4.51. The molecule has 1 aromatic heterocycles. The smallest absolute Gasteiger partial charge is 0.217 e. The van der Waals surface area contributed by atoms with Crippen LogP contribution < -0.4 is 4.74 Å². The summed E-state index contributed by atoms with van der Waals surface area (Å²) in [6.45, 7) is 0. The van der Waals surface area contributed by atoms with E-state index >= 15 is 0 Å². The van der Waals surface area contributed by atoms with Crippen LogP contribution in [0, 0.1) is 7.11 Å². The molecule has 1 radical (unpaired) electrons. The lowest BCUT2D eigenvalue weighted by Crippen LogP contribution is -1.84. The molecule has 0 spiro atoms. The molecule has 1 aromatic rings. The van der Waals surface area contributed by atoms with Gasteiger partial charge in [-0.1, -0.05) is 11.6 Å². The van der Waals surface area contributed by atoms with Crippen LogP contribution in [0.15, 0.2) is 12.4 Å². The van der Waals surface area contributed by atoms with Crippen LogP contribution in [-0.4, -0.2) is 9.97 Å². The summed E-state index contributed by atoms with van der Waals surface area (Å²) in [6, 6.07) is 1.48. The molecule has 9 heavy (non-hydrogen) atoms. The van der Waals surface area contributed by atoms with E-state index in [9.17, 15) is 0 Å². The predicted octanol–water partition coefficient (Wildman–Crippen LogP) is 1.30. The monoisotopic (exact) mass is 143 g/mol. The van der Waals surface area contributed by atoms with Gasteiger partial charge in [-0.15, -0.1) is 0 Å². The molecule has 0 amide bonds. The van der Waals surface area contributed by atoms with Gasteiger partial charge in [-0.25, -0.2) is 9.97 Å². The SMILES string of the molecule is [CH2]Oc1cc(Cl)ncn1. The number of hydrogen-bond acceptors (Lipinski definition) is 3.